The van der Waals surface area contributed by atoms with Crippen LogP contribution < -0.4 is 5.32 Å². The number of amides is 1. The topological polar surface area (TPSA) is 75.9 Å². The highest BCUT2D eigenvalue weighted by molar-refractivity contribution is 5.95. The first kappa shape index (κ1) is 20.5. The van der Waals surface area contributed by atoms with Gasteiger partial charge in [-0.1, -0.05) is 24.3 Å². The van der Waals surface area contributed by atoms with Crippen LogP contribution in [0.4, 0.5) is 0 Å². The minimum absolute atomic E-state index is 0.0281. The fourth-order valence-corrected chi connectivity index (χ4v) is 5.37. The smallest absolute Gasteiger partial charge is 0.254 e. The molecule has 3 aliphatic rings. The van der Waals surface area contributed by atoms with E-state index in [0.29, 0.717) is 29.9 Å². The second kappa shape index (κ2) is 8.37. The molecule has 1 amide bonds. The molecular weight excluding hydrogens is 412 g/mol. The summed E-state index contributed by atoms with van der Waals surface area (Å²) < 4.78 is 1.80. The molecule has 0 radical (unpaired) electrons. The number of rotatable bonds is 5. The summed E-state index contributed by atoms with van der Waals surface area (Å²) in [5, 5.41) is 7.78. The molecule has 170 valence electrons. The van der Waals surface area contributed by atoms with Crippen molar-refractivity contribution in [3.8, 4) is 17.2 Å². The summed E-state index contributed by atoms with van der Waals surface area (Å²) in [5.74, 6) is 1.39. The van der Waals surface area contributed by atoms with Crippen LogP contribution >= 0.6 is 0 Å². The van der Waals surface area contributed by atoms with Gasteiger partial charge in [0.1, 0.15) is 0 Å². The molecule has 1 saturated heterocycles. The van der Waals surface area contributed by atoms with E-state index in [-0.39, 0.29) is 5.91 Å². The molecule has 1 aliphatic heterocycles. The Morgan fingerprint density at radius 1 is 1.12 bits per heavy atom. The Morgan fingerprint density at radius 2 is 1.97 bits per heavy atom. The first-order valence-electron chi connectivity index (χ1n) is 12.2. The van der Waals surface area contributed by atoms with Crippen LogP contribution in [0.25, 0.3) is 17.2 Å². The van der Waals surface area contributed by atoms with Crippen LogP contribution in [-0.4, -0.2) is 57.2 Å². The number of carbonyl (C=O) groups is 1. The second-order valence-electron chi connectivity index (χ2n) is 9.81. The molecule has 1 aromatic carbocycles. The molecule has 6 rings (SSSR count). The Balaban J connectivity index is 1.29. The Bertz CT molecular complexity index is 1200. The largest absolute Gasteiger partial charge is 0.352 e. The Kier molecular flexibility index (Phi) is 5.21. The molecule has 2 aromatic heterocycles. The van der Waals surface area contributed by atoms with E-state index in [1.165, 1.54) is 29.5 Å². The maximum Gasteiger partial charge on any atom is 0.254 e. The van der Waals surface area contributed by atoms with Gasteiger partial charge in [-0.25, -0.2) is 14.6 Å². The first-order chi connectivity index (χ1) is 16.2. The number of piperidine rings is 1. The molecule has 1 saturated carbocycles. The van der Waals surface area contributed by atoms with Gasteiger partial charge in [0.15, 0.2) is 0 Å². The number of hydrogen-bond acceptors (Lipinski definition) is 5. The molecule has 3 aromatic rings. The number of nitrogens with one attached hydrogen (secondary N) is 1. The number of likely N-dealkylation sites (tertiary alicyclic amines) is 1. The van der Waals surface area contributed by atoms with Gasteiger partial charge in [-0.05, 0) is 69.2 Å². The van der Waals surface area contributed by atoms with Crippen LogP contribution in [0.5, 0.6) is 0 Å². The van der Waals surface area contributed by atoms with Crippen molar-refractivity contribution in [2.45, 2.75) is 44.4 Å². The van der Waals surface area contributed by atoms with Crippen molar-refractivity contribution in [2.75, 3.05) is 26.7 Å². The van der Waals surface area contributed by atoms with Crippen molar-refractivity contribution in [1.29, 1.82) is 0 Å². The molecule has 0 bridgehead atoms. The third kappa shape index (κ3) is 3.95. The quantitative estimate of drug-likeness (QED) is 0.656. The molecular formula is C26H30N6O. The Morgan fingerprint density at radius 3 is 2.82 bits per heavy atom. The van der Waals surface area contributed by atoms with Crippen molar-refractivity contribution >= 4 is 5.91 Å². The second-order valence-corrected chi connectivity index (χ2v) is 9.81. The number of aromatic nitrogens is 4. The zero-order valence-corrected chi connectivity index (χ0v) is 19.1. The summed E-state index contributed by atoms with van der Waals surface area (Å²) in [6.07, 6.45) is 10.1. The molecule has 7 nitrogen and oxygen atoms in total. The first-order valence-corrected chi connectivity index (χ1v) is 12.2. The fourth-order valence-electron chi connectivity index (χ4n) is 5.37. The molecule has 1 atom stereocenters. The lowest BCUT2D eigenvalue weighted by molar-refractivity contribution is 0.0935. The highest BCUT2D eigenvalue weighted by Gasteiger charge is 2.34. The minimum Gasteiger partial charge on any atom is -0.352 e. The summed E-state index contributed by atoms with van der Waals surface area (Å²) in [7, 11) is 2.15. The maximum absolute atomic E-state index is 13.1. The molecule has 1 N–H and O–H groups in total. The summed E-state index contributed by atoms with van der Waals surface area (Å²) in [6.45, 7) is 2.90. The van der Waals surface area contributed by atoms with E-state index >= 15 is 0 Å². The van der Waals surface area contributed by atoms with Crippen molar-refractivity contribution in [1.82, 2.24) is 30.0 Å². The molecule has 33 heavy (non-hydrogen) atoms. The fraction of sp³-hybridized carbons (Fsp3) is 0.462. The van der Waals surface area contributed by atoms with Gasteiger partial charge in [0.05, 0.1) is 23.1 Å². The lowest BCUT2D eigenvalue weighted by Crippen LogP contribution is -2.39. The normalized spacial score (nSPS) is 20.2. The van der Waals surface area contributed by atoms with E-state index in [1.54, 1.807) is 10.9 Å². The van der Waals surface area contributed by atoms with Crippen LogP contribution in [0, 0.1) is 5.92 Å². The molecule has 2 aliphatic carbocycles. The third-order valence-corrected chi connectivity index (χ3v) is 7.27. The summed E-state index contributed by atoms with van der Waals surface area (Å²) in [6, 6.07) is 8.46. The van der Waals surface area contributed by atoms with E-state index in [0.717, 1.165) is 50.2 Å². The van der Waals surface area contributed by atoms with Crippen LogP contribution in [0.15, 0.2) is 36.7 Å². The van der Waals surface area contributed by atoms with E-state index in [4.69, 9.17) is 4.98 Å². The number of carbonyl (C=O) groups excluding carboxylic acids is 1. The Hall–Kier alpha value is -3.06. The van der Waals surface area contributed by atoms with Gasteiger partial charge in [-0.3, -0.25) is 4.79 Å². The van der Waals surface area contributed by atoms with E-state index in [9.17, 15) is 4.79 Å². The van der Waals surface area contributed by atoms with Gasteiger partial charge in [-0.2, -0.15) is 5.10 Å². The standard InChI is InChI=1S/C26H30N6O/c1-31-12-4-5-17(16-31)13-27-25(33)22-15-29-32(24(22)19-9-10-19)26-28-14-20-11-8-18-6-2-3-7-21(18)23(20)30-26/h2-3,6-7,14-15,17,19H,4-5,8-13,16H2,1H3,(H,27,33). The molecule has 0 spiro atoms. The Labute approximate surface area is 194 Å². The predicted molar refractivity (Wildman–Crippen MR) is 127 cm³/mol. The van der Waals surface area contributed by atoms with Crippen molar-refractivity contribution in [3.05, 3.63) is 59.0 Å². The van der Waals surface area contributed by atoms with Crippen LogP contribution in [0.2, 0.25) is 0 Å². The summed E-state index contributed by atoms with van der Waals surface area (Å²) >= 11 is 0. The number of fused-ring (bicyclic) bond motifs is 3. The maximum atomic E-state index is 13.1. The van der Waals surface area contributed by atoms with Crippen molar-refractivity contribution < 1.29 is 4.79 Å². The highest BCUT2D eigenvalue weighted by atomic mass is 16.1. The highest BCUT2D eigenvalue weighted by Crippen LogP contribution is 2.42. The van der Waals surface area contributed by atoms with Gasteiger partial charge < -0.3 is 10.2 Å². The molecule has 3 heterocycles. The van der Waals surface area contributed by atoms with E-state index in [1.807, 2.05) is 6.20 Å². The van der Waals surface area contributed by atoms with Gasteiger partial charge in [0, 0.05) is 30.8 Å². The van der Waals surface area contributed by atoms with Gasteiger partial charge >= 0.3 is 0 Å². The summed E-state index contributed by atoms with van der Waals surface area (Å²) in [4.78, 5) is 25.1. The SMILES string of the molecule is CN1CCCC(CNC(=O)c2cnn(-c3ncc4c(n3)-c3ccccc3CC4)c2C2CC2)C1. The number of hydrogen-bond donors (Lipinski definition) is 1. The van der Waals surface area contributed by atoms with Gasteiger partial charge in [-0.15, -0.1) is 0 Å². The van der Waals surface area contributed by atoms with E-state index in [2.05, 4.69) is 51.6 Å². The molecule has 2 fully saturated rings. The monoisotopic (exact) mass is 442 g/mol. The third-order valence-electron chi connectivity index (χ3n) is 7.27. The lowest BCUT2D eigenvalue weighted by Gasteiger charge is -2.29. The van der Waals surface area contributed by atoms with Crippen LogP contribution in [0.1, 0.15) is 58.8 Å². The minimum atomic E-state index is -0.0281. The number of aryl methyl sites for hydroxylation is 2. The zero-order valence-electron chi connectivity index (χ0n) is 19.1. The van der Waals surface area contributed by atoms with Crippen LogP contribution in [-0.2, 0) is 12.8 Å². The molecule has 7 heteroatoms. The molecule has 1 unspecified atom stereocenters. The number of benzene rings is 1. The van der Waals surface area contributed by atoms with Crippen molar-refractivity contribution in [3.63, 3.8) is 0 Å². The van der Waals surface area contributed by atoms with Gasteiger partial charge in [0.25, 0.3) is 11.9 Å². The van der Waals surface area contributed by atoms with Gasteiger partial charge in [0.2, 0.25) is 0 Å². The van der Waals surface area contributed by atoms with Crippen LogP contribution in [0.3, 0.4) is 0 Å². The number of nitrogens with zero attached hydrogens (tertiary/aromatic N) is 5. The lowest BCUT2D eigenvalue weighted by atomic mass is 9.90. The average Bonchev–Trinajstić information content (AvgIpc) is 3.59. The van der Waals surface area contributed by atoms with Crippen molar-refractivity contribution in [2.24, 2.45) is 5.92 Å². The zero-order chi connectivity index (χ0) is 22.4. The summed E-state index contributed by atoms with van der Waals surface area (Å²) in [5.41, 5.74) is 6.30. The van der Waals surface area contributed by atoms with E-state index < -0.39 is 0 Å². The predicted octanol–water partition coefficient (Wildman–Crippen LogP) is 3.38. The average molecular weight is 443 g/mol.